The zero-order chi connectivity index (χ0) is 26.7. The third-order valence-electron chi connectivity index (χ3n) is 7.25. The summed E-state index contributed by atoms with van der Waals surface area (Å²) < 4.78 is 0. The lowest BCUT2D eigenvalue weighted by Crippen LogP contribution is -2.44. The van der Waals surface area contributed by atoms with Gasteiger partial charge in [0.2, 0.25) is 0 Å². The van der Waals surface area contributed by atoms with Crippen LogP contribution in [0.1, 0.15) is 137 Å². The second-order valence-electron chi connectivity index (χ2n) is 15.5. The van der Waals surface area contributed by atoms with Crippen LogP contribution < -0.4 is 0 Å². The summed E-state index contributed by atoms with van der Waals surface area (Å²) in [5, 5.41) is 13.0. The fourth-order valence-corrected chi connectivity index (χ4v) is 4.85. The maximum Gasteiger partial charge on any atom is 0.120 e. The van der Waals surface area contributed by atoms with Gasteiger partial charge in [0.15, 0.2) is 0 Å². The fourth-order valence-electron chi connectivity index (χ4n) is 4.85. The summed E-state index contributed by atoms with van der Waals surface area (Å²) in [6, 6.07) is 13.5. The van der Waals surface area contributed by atoms with Gasteiger partial charge >= 0.3 is 0 Å². The summed E-state index contributed by atoms with van der Waals surface area (Å²) in [5.41, 5.74) is 5.40. The van der Waals surface area contributed by atoms with E-state index in [1.807, 2.05) is 0 Å². The van der Waals surface area contributed by atoms with Crippen molar-refractivity contribution in [3.05, 3.63) is 69.8 Å². The molecule has 0 heterocycles. The first-order chi connectivity index (χ1) is 14.9. The lowest BCUT2D eigenvalue weighted by atomic mass is 9.61. The van der Waals surface area contributed by atoms with Crippen LogP contribution in [0.5, 0.6) is 0 Å². The van der Waals surface area contributed by atoms with Gasteiger partial charge in [-0.25, -0.2) is 0 Å². The Labute approximate surface area is 211 Å². The second-order valence-corrected chi connectivity index (χ2v) is 15.5. The van der Waals surface area contributed by atoms with E-state index in [0.717, 1.165) is 11.1 Å². The Hall–Kier alpha value is -1.60. The third-order valence-corrected chi connectivity index (χ3v) is 7.25. The van der Waals surface area contributed by atoms with Crippen LogP contribution in [0.2, 0.25) is 0 Å². The molecule has 2 rings (SSSR count). The summed E-state index contributed by atoms with van der Waals surface area (Å²) in [5.74, 6) is 0. The predicted octanol–water partition coefficient (Wildman–Crippen LogP) is 9.16. The van der Waals surface area contributed by atoms with Crippen molar-refractivity contribution in [1.29, 1.82) is 0 Å². The van der Waals surface area contributed by atoms with E-state index in [0.29, 0.717) is 0 Å². The molecule has 0 radical (unpaired) electrons. The smallest absolute Gasteiger partial charge is 0.120 e. The summed E-state index contributed by atoms with van der Waals surface area (Å²) in [6.45, 7) is 33.6. The Bertz CT molecular complexity index is 943. The van der Waals surface area contributed by atoms with E-state index in [1.165, 1.54) is 22.3 Å². The Kier molecular flexibility index (Phi) is 7.17. The molecule has 0 aromatic heterocycles. The maximum absolute atomic E-state index is 13.0. The van der Waals surface area contributed by atoms with Crippen LogP contribution >= 0.6 is 0 Å². The minimum atomic E-state index is -1.15. The van der Waals surface area contributed by atoms with Gasteiger partial charge in [0.25, 0.3) is 0 Å². The van der Waals surface area contributed by atoms with Crippen molar-refractivity contribution >= 4 is 0 Å². The first-order valence-corrected chi connectivity index (χ1v) is 12.9. The molecule has 0 saturated carbocycles. The summed E-state index contributed by atoms with van der Waals surface area (Å²) >= 11 is 0. The van der Waals surface area contributed by atoms with Crippen molar-refractivity contribution in [1.82, 2.24) is 0 Å². The van der Waals surface area contributed by atoms with Crippen molar-refractivity contribution in [2.75, 3.05) is 0 Å². The molecule has 0 unspecified atom stereocenters. The number of rotatable bonds is 2. The molecule has 0 atom stereocenters. The molecule has 1 N–H and O–H groups in total. The number of benzene rings is 2. The average Bonchev–Trinajstić information content (AvgIpc) is 2.62. The van der Waals surface area contributed by atoms with Gasteiger partial charge in [-0.05, 0) is 60.5 Å². The molecule has 1 nitrogen and oxygen atoms in total. The standard InChI is InChI=1S/C33H52O/c1-28(2,3)22-16-18-24(26(20-22)30(7,8)9)33(34,32(13,14)15)25-19-17-23(29(4,5)6)21-27(25)31(10,11)12/h16-21,34H,1-15H3. The fraction of sp³-hybridized carbons (Fsp3) is 0.636. The van der Waals surface area contributed by atoms with Crippen molar-refractivity contribution in [3.63, 3.8) is 0 Å². The van der Waals surface area contributed by atoms with Gasteiger partial charge in [-0.1, -0.05) is 140 Å². The van der Waals surface area contributed by atoms with E-state index in [4.69, 9.17) is 0 Å². The maximum atomic E-state index is 13.0. The highest BCUT2D eigenvalue weighted by atomic mass is 16.3. The lowest BCUT2D eigenvalue weighted by molar-refractivity contribution is -0.0285. The molecule has 0 aliphatic heterocycles. The van der Waals surface area contributed by atoms with Crippen LogP contribution in [-0.2, 0) is 27.3 Å². The van der Waals surface area contributed by atoms with E-state index >= 15 is 0 Å². The predicted molar refractivity (Wildman–Crippen MR) is 150 cm³/mol. The minimum absolute atomic E-state index is 0.0449. The molecule has 2 aromatic carbocycles. The minimum Gasteiger partial charge on any atom is -0.380 e. The largest absolute Gasteiger partial charge is 0.380 e. The topological polar surface area (TPSA) is 20.2 Å². The number of hydrogen-bond donors (Lipinski definition) is 1. The normalized spacial score (nSPS) is 14.5. The van der Waals surface area contributed by atoms with Gasteiger partial charge in [0.1, 0.15) is 5.60 Å². The number of aliphatic hydroxyl groups is 1. The molecule has 0 fully saturated rings. The van der Waals surface area contributed by atoms with E-state index < -0.39 is 11.0 Å². The zero-order valence-electron chi connectivity index (χ0n) is 24.9. The Morgan fingerprint density at radius 2 is 0.706 bits per heavy atom. The van der Waals surface area contributed by atoms with Gasteiger partial charge in [-0.3, -0.25) is 0 Å². The lowest BCUT2D eigenvalue weighted by Gasteiger charge is -2.46. The van der Waals surface area contributed by atoms with Gasteiger partial charge in [-0.15, -0.1) is 0 Å². The van der Waals surface area contributed by atoms with Gasteiger partial charge in [-0.2, -0.15) is 0 Å². The molecular weight excluding hydrogens is 412 g/mol. The molecule has 0 bridgehead atoms. The summed E-state index contributed by atoms with van der Waals surface area (Å²) in [6.07, 6.45) is 0. The van der Waals surface area contributed by atoms with Gasteiger partial charge in [0, 0.05) is 0 Å². The van der Waals surface area contributed by atoms with Crippen molar-refractivity contribution < 1.29 is 5.11 Å². The molecule has 190 valence electrons. The van der Waals surface area contributed by atoms with E-state index in [2.05, 4.69) is 140 Å². The SMILES string of the molecule is CC(C)(C)c1ccc(C(O)(c2ccc(C(C)(C)C)cc2C(C)(C)C)C(C)(C)C)c(C(C)(C)C)c1. The summed E-state index contributed by atoms with van der Waals surface area (Å²) in [7, 11) is 0. The monoisotopic (exact) mass is 464 g/mol. The van der Waals surface area contributed by atoms with Crippen molar-refractivity contribution in [2.45, 2.75) is 131 Å². The quantitative estimate of drug-likeness (QED) is 0.469. The average molecular weight is 465 g/mol. The Morgan fingerprint density at radius 1 is 0.412 bits per heavy atom. The molecule has 34 heavy (non-hydrogen) atoms. The zero-order valence-corrected chi connectivity index (χ0v) is 24.9. The first-order valence-electron chi connectivity index (χ1n) is 12.9. The molecule has 2 aromatic rings. The molecule has 0 aliphatic rings. The van der Waals surface area contributed by atoms with Crippen LogP contribution in [0.25, 0.3) is 0 Å². The van der Waals surface area contributed by atoms with Gasteiger partial charge < -0.3 is 5.11 Å². The highest BCUT2D eigenvalue weighted by molar-refractivity contribution is 5.52. The molecule has 0 saturated heterocycles. The summed E-state index contributed by atoms with van der Waals surface area (Å²) in [4.78, 5) is 0. The molecule has 0 aliphatic carbocycles. The highest BCUT2D eigenvalue weighted by Crippen LogP contribution is 2.51. The molecular formula is C33H52O. The van der Waals surface area contributed by atoms with Crippen molar-refractivity contribution in [3.8, 4) is 0 Å². The van der Waals surface area contributed by atoms with E-state index in [1.54, 1.807) is 0 Å². The van der Waals surface area contributed by atoms with Crippen LogP contribution in [0, 0.1) is 5.41 Å². The van der Waals surface area contributed by atoms with E-state index in [9.17, 15) is 5.11 Å². The van der Waals surface area contributed by atoms with Gasteiger partial charge in [0.05, 0.1) is 0 Å². The second kappa shape index (κ2) is 8.51. The number of hydrogen-bond acceptors (Lipinski definition) is 1. The van der Waals surface area contributed by atoms with Crippen molar-refractivity contribution in [2.24, 2.45) is 5.41 Å². The van der Waals surface area contributed by atoms with Crippen LogP contribution in [0.15, 0.2) is 36.4 Å². The Balaban J connectivity index is 3.06. The third kappa shape index (κ3) is 5.46. The molecule has 0 amide bonds. The van der Waals surface area contributed by atoms with Crippen LogP contribution in [-0.4, -0.2) is 5.11 Å². The van der Waals surface area contributed by atoms with Crippen LogP contribution in [0.4, 0.5) is 0 Å². The highest BCUT2D eigenvalue weighted by Gasteiger charge is 2.48. The van der Waals surface area contributed by atoms with Crippen LogP contribution in [0.3, 0.4) is 0 Å². The molecule has 1 heteroatoms. The molecule has 0 spiro atoms. The van der Waals surface area contributed by atoms with E-state index in [-0.39, 0.29) is 21.7 Å². The first kappa shape index (κ1) is 28.6. The Morgan fingerprint density at radius 3 is 0.912 bits per heavy atom.